The molecule has 0 aliphatic carbocycles. The lowest BCUT2D eigenvalue weighted by atomic mass is 10.2. The van der Waals surface area contributed by atoms with Crippen LogP contribution in [0.15, 0.2) is 24.3 Å². The molecule has 0 aromatic heterocycles. The second-order valence-corrected chi connectivity index (χ2v) is 7.74. The third-order valence-corrected chi connectivity index (χ3v) is 4.79. The summed E-state index contributed by atoms with van der Waals surface area (Å²) < 4.78 is 24.8. The van der Waals surface area contributed by atoms with Gasteiger partial charge in [-0.25, -0.2) is 12.7 Å². The molecule has 0 bridgehead atoms. The van der Waals surface area contributed by atoms with Gasteiger partial charge in [0.2, 0.25) is 15.9 Å². The van der Waals surface area contributed by atoms with E-state index in [9.17, 15) is 13.2 Å². The fourth-order valence-electron chi connectivity index (χ4n) is 2.07. The number of benzene rings is 1. The van der Waals surface area contributed by atoms with Gasteiger partial charge in [0.15, 0.2) is 0 Å². The van der Waals surface area contributed by atoms with Crippen LogP contribution in [0.2, 0.25) is 0 Å². The minimum atomic E-state index is -3.27. The lowest BCUT2D eigenvalue weighted by Crippen LogP contribution is -2.33. The zero-order valence-electron chi connectivity index (χ0n) is 14.4. The molecule has 0 spiro atoms. The van der Waals surface area contributed by atoms with Crippen LogP contribution in [0.1, 0.15) is 26.2 Å². The first-order valence-electron chi connectivity index (χ1n) is 7.76. The van der Waals surface area contributed by atoms with Gasteiger partial charge in [0, 0.05) is 45.0 Å². The molecule has 0 saturated carbocycles. The van der Waals surface area contributed by atoms with Gasteiger partial charge in [-0.15, -0.1) is 0 Å². The van der Waals surface area contributed by atoms with E-state index in [1.54, 1.807) is 0 Å². The van der Waals surface area contributed by atoms with Crippen molar-refractivity contribution in [2.75, 3.05) is 43.7 Å². The highest BCUT2D eigenvalue weighted by molar-refractivity contribution is 7.88. The largest absolute Gasteiger partial charge is 0.378 e. The summed E-state index contributed by atoms with van der Waals surface area (Å²) in [6.45, 7) is 2.67. The number of anilines is 2. The average Bonchev–Trinajstić information content (AvgIpc) is 2.46. The van der Waals surface area contributed by atoms with Crippen LogP contribution in [0.3, 0.4) is 0 Å². The summed E-state index contributed by atoms with van der Waals surface area (Å²) in [6.07, 6.45) is 3.03. The summed E-state index contributed by atoms with van der Waals surface area (Å²) in [7, 11) is 0.623. The van der Waals surface area contributed by atoms with Crippen molar-refractivity contribution in [3.8, 4) is 0 Å². The molecule has 1 amide bonds. The number of hydrogen-bond donors (Lipinski definition) is 1. The van der Waals surface area contributed by atoms with Gasteiger partial charge in [-0.3, -0.25) is 4.79 Å². The minimum Gasteiger partial charge on any atom is -0.378 e. The molecule has 6 nitrogen and oxygen atoms in total. The summed E-state index contributed by atoms with van der Waals surface area (Å²) in [5.41, 5.74) is 1.76. The van der Waals surface area contributed by atoms with Crippen LogP contribution in [-0.4, -0.2) is 52.1 Å². The molecule has 0 atom stereocenters. The Morgan fingerprint density at radius 1 is 1.13 bits per heavy atom. The Morgan fingerprint density at radius 2 is 1.74 bits per heavy atom. The maximum absolute atomic E-state index is 12.0. The first-order chi connectivity index (χ1) is 10.7. The molecule has 0 radical (unpaired) electrons. The highest BCUT2D eigenvalue weighted by Gasteiger charge is 2.17. The molecule has 1 rings (SSSR count). The van der Waals surface area contributed by atoms with Crippen molar-refractivity contribution in [2.24, 2.45) is 0 Å². The molecular weight excluding hydrogens is 314 g/mol. The third kappa shape index (κ3) is 7.00. The quantitative estimate of drug-likeness (QED) is 0.747. The Hall–Kier alpha value is -1.60. The van der Waals surface area contributed by atoms with Gasteiger partial charge < -0.3 is 10.2 Å². The molecule has 0 heterocycles. The van der Waals surface area contributed by atoms with Crippen molar-refractivity contribution in [2.45, 2.75) is 26.2 Å². The molecule has 23 heavy (non-hydrogen) atoms. The number of carbonyl (C=O) groups is 1. The molecule has 130 valence electrons. The van der Waals surface area contributed by atoms with Crippen LogP contribution in [0.4, 0.5) is 11.4 Å². The second-order valence-electron chi connectivity index (χ2n) is 5.76. The number of carbonyl (C=O) groups excluding carboxylic acids is 1. The lowest BCUT2D eigenvalue weighted by Gasteiger charge is -2.19. The van der Waals surface area contributed by atoms with E-state index in [-0.39, 0.29) is 18.9 Å². The number of amides is 1. The highest BCUT2D eigenvalue weighted by atomic mass is 32.2. The Labute approximate surface area is 139 Å². The summed E-state index contributed by atoms with van der Waals surface area (Å²) in [5, 5.41) is 2.79. The number of unbranched alkanes of at least 4 members (excludes halogenated alkanes) is 1. The van der Waals surface area contributed by atoms with Gasteiger partial charge in [-0.2, -0.15) is 0 Å². The molecule has 0 saturated heterocycles. The van der Waals surface area contributed by atoms with Crippen molar-refractivity contribution >= 4 is 27.3 Å². The van der Waals surface area contributed by atoms with Crippen LogP contribution in [-0.2, 0) is 14.8 Å². The Kier molecular flexibility index (Phi) is 7.51. The fourth-order valence-corrected chi connectivity index (χ4v) is 2.95. The van der Waals surface area contributed by atoms with Gasteiger partial charge in [0.25, 0.3) is 0 Å². The predicted octanol–water partition coefficient (Wildman–Crippen LogP) is 2.14. The first kappa shape index (κ1) is 19.4. The van der Waals surface area contributed by atoms with Gasteiger partial charge >= 0.3 is 0 Å². The molecule has 1 aromatic carbocycles. The number of sulfonamides is 1. The second kappa shape index (κ2) is 8.88. The van der Waals surface area contributed by atoms with E-state index in [4.69, 9.17) is 0 Å². The maximum atomic E-state index is 12.0. The number of nitrogens with one attached hydrogen (secondary N) is 1. The van der Waals surface area contributed by atoms with Gasteiger partial charge in [-0.1, -0.05) is 13.3 Å². The molecule has 1 N–H and O–H groups in total. The van der Waals surface area contributed by atoms with Crippen LogP contribution >= 0.6 is 0 Å². The lowest BCUT2D eigenvalue weighted by molar-refractivity contribution is -0.116. The van der Waals surface area contributed by atoms with Crippen LogP contribution < -0.4 is 10.2 Å². The zero-order chi connectivity index (χ0) is 17.5. The van der Waals surface area contributed by atoms with Crippen molar-refractivity contribution in [1.82, 2.24) is 4.31 Å². The fraction of sp³-hybridized carbons (Fsp3) is 0.562. The van der Waals surface area contributed by atoms with Crippen LogP contribution in [0, 0.1) is 0 Å². The van der Waals surface area contributed by atoms with E-state index in [1.165, 1.54) is 10.6 Å². The van der Waals surface area contributed by atoms with Crippen molar-refractivity contribution in [3.05, 3.63) is 24.3 Å². The third-order valence-electron chi connectivity index (χ3n) is 3.49. The summed E-state index contributed by atoms with van der Waals surface area (Å²) in [6, 6.07) is 7.50. The molecule has 1 aromatic rings. The van der Waals surface area contributed by atoms with E-state index < -0.39 is 10.0 Å². The molecule has 0 aliphatic rings. The predicted molar refractivity (Wildman–Crippen MR) is 95.3 cm³/mol. The molecular formula is C16H27N3O3S. The molecule has 0 fully saturated rings. The Balaban J connectivity index is 2.54. The summed E-state index contributed by atoms with van der Waals surface area (Å²) in [5.74, 6) is -0.187. The van der Waals surface area contributed by atoms with Gasteiger partial charge in [-0.05, 0) is 30.7 Å². The topological polar surface area (TPSA) is 69.7 Å². The van der Waals surface area contributed by atoms with E-state index in [0.29, 0.717) is 12.2 Å². The van der Waals surface area contributed by atoms with Crippen molar-refractivity contribution in [3.63, 3.8) is 0 Å². The zero-order valence-corrected chi connectivity index (χ0v) is 15.2. The standard InChI is InChI=1S/C16H27N3O3S/c1-5-6-12-19(23(4,21)22)13-11-16(20)17-14-7-9-15(10-8-14)18(2)3/h7-10H,5-6,11-13H2,1-4H3,(H,17,20). The van der Waals surface area contributed by atoms with Gasteiger partial charge in [0.05, 0.1) is 6.26 Å². The molecule has 0 aliphatic heterocycles. The van der Waals surface area contributed by atoms with Crippen molar-refractivity contribution < 1.29 is 13.2 Å². The number of hydrogen-bond acceptors (Lipinski definition) is 4. The van der Waals surface area contributed by atoms with E-state index in [1.807, 2.05) is 50.2 Å². The van der Waals surface area contributed by atoms with Crippen LogP contribution in [0.5, 0.6) is 0 Å². The van der Waals surface area contributed by atoms with E-state index in [0.717, 1.165) is 18.5 Å². The van der Waals surface area contributed by atoms with E-state index >= 15 is 0 Å². The SMILES string of the molecule is CCCCN(CCC(=O)Nc1ccc(N(C)C)cc1)S(C)(=O)=O. The van der Waals surface area contributed by atoms with Crippen molar-refractivity contribution in [1.29, 1.82) is 0 Å². The maximum Gasteiger partial charge on any atom is 0.225 e. The van der Waals surface area contributed by atoms with Crippen LogP contribution in [0.25, 0.3) is 0 Å². The monoisotopic (exact) mass is 341 g/mol. The summed E-state index contributed by atoms with van der Waals surface area (Å²) in [4.78, 5) is 14.0. The summed E-state index contributed by atoms with van der Waals surface area (Å²) >= 11 is 0. The number of nitrogens with zero attached hydrogens (tertiary/aromatic N) is 2. The molecule has 7 heteroatoms. The van der Waals surface area contributed by atoms with Gasteiger partial charge in [0.1, 0.15) is 0 Å². The number of rotatable bonds is 9. The highest BCUT2D eigenvalue weighted by Crippen LogP contribution is 2.15. The Bertz CT molecular complexity index is 598. The minimum absolute atomic E-state index is 0.145. The smallest absolute Gasteiger partial charge is 0.225 e. The average molecular weight is 341 g/mol. The normalized spacial score (nSPS) is 11.5. The van der Waals surface area contributed by atoms with E-state index in [2.05, 4.69) is 5.32 Å². The first-order valence-corrected chi connectivity index (χ1v) is 9.61. The Morgan fingerprint density at radius 3 is 2.22 bits per heavy atom. The molecule has 0 unspecified atom stereocenters.